The third kappa shape index (κ3) is 4.33. The normalized spacial score (nSPS) is 9.86. The number of nitrogens with two attached hydrogens (primary N) is 1. The largest absolute Gasteiger partial charge is 0.337 e. The van der Waals surface area contributed by atoms with Crippen LogP contribution in [-0.4, -0.2) is 24.4 Å². The average Bonchev–Trinajstić information content (AvgIpc) is 2.91. The summed E-state index contributed by atoms with van der Waals surface area (Å²) in [6.45, 7) is 0.855. The summed E-state index contributed by atoms with van der Waals surface area (Å²) in [5, 5.41) is 0. The Morgan fingerprint density at radius 3 is 2.86 bits per heavy atom. The molecule has 0 radical (unpaired) electrons. The molecule has 3 nitrogen and oxygen atoms in total. The van der Waals surface area contributed by atoms with Crippen molar-refractivity contribution in [3.05, 3.63) is 56.7 Å². The number of rotatable bonds is 3. The van der Waals surface area contributed by atoms with Crippen LogP contribution in [-0.2, 0) is 6.54 Å². The zero-order valence-electron chi connectivity index (χ0n) is 11.6. The van der Waals surface area contributed by atoms with Gasteiger partial charge in [-0.15, -0.1) is 11.3 Å². The Balaban J connectivity index is 2.08. The Bertz CT molecular complexity index is 700. The highest BCUT2D eigenvalue weighted by Gasteiger charge is 2.14. The number of thiophene rings is 1. The number of carbonyl (C=O) groups excluding carboxylic acids is 1. The highest BCUT2D eigenvalue weighted by atomic mass is 35.5. The maximum atomic E-state index is 12.3. The lowest BCUT2D eigenvalue weighted by Gasteiger charge is -2.16. The van der Waals surface area contributed by atoms with E-state index in [-0.39, 0.29) is 5.91 Å². The van der Waals surface area contributed by atoms with E-state index in [1.807, 2.05) is 24.3 Å². The number of hydrogen-bond acceptors (Lipinski definition) is 3. The van der Waals surface area contributed by atoms with E-state index in [4.69, 9.17) is 17.3 Å². The van der Waals surface area contributed by atoms with Gasteiger partial charge >= 0.3 is 0 Å². The van der Waals surface area contributed by atoms with Crippen LogP contribution >= 0.6 is 22.9 Å². The van der Waals surface area contributed by atoms with Crippen molar-refractivity contribution in [3.63, 3.8) is 0 Å². The molecule has 0 aliphatic carbocycles. The first kappa shape index (κ1) is 15.6. The van der Waals surface area contributed by atoms with Crippen LogP contribution in [0.25, 0.3) is 0 Å². The summed E-state index contributed by atoms with van der Waals surface area (Å²) >= 11 is 7.15. The van der Waals surface area contributed by atoms with E-state index < -0.39 is 0 Å². The van der Waals surface area contributed by atoms with Crippen molar-refractivity contribution in [1.82, 2.24) is 4.90 Å². The fourth-order valence-electron chi connectivity index (χ4n) is 1.86. The van der Waals surface area contributed by atoms with Crippen molar-refractivity contribution in [1.29, 1.82) is 0 Å². The van der Waals surface area contributed by atoms with E-state index in [1.54, 1.807) is 24.1 Å². The molecule has 0 saturated carbocycles. The van der Waals surface area contributed by atoms with E-state index in [2.05, 4.69) is 11.8 Å². The molecule has 0 bridgehead atoms. The van der Waals surface area contributed by atoms with Gasteiger partial charge in [-0.05, 0) is 29.8 Å². The van der Waals surface area contributed by atoms with Gasteiger partial charge in [0.05, 0.1) is 15.8 Å². The van der Waals surface area contributed by atoms with Gasteiger partial charge in [0.2, 0.25) is 0 Å². The minimum absolute atomic E-state index is 0.0367. The van der Waals surface area contributed by atoms with Crippen LogP contribution in [0.1, 0.15) is 20.8 Å². The number of halogens is 1. The summed E-state index contributed by atoms with van der Waals surface area (Å²) in [7, 11) is 1.77. The first-order chi connectivity index (χ1) is 10.1. The second kappa shape index (κ2) is 7.28. The maximum absolute atomic E-state index is 12.3. The van der Waals surface area contributed by atoms with Crippen LogP contribution in [0.4, 0.5) is 0 Å². The van der Waals surface area contributed by atoms with Gasteiger partial charge in [-0.25, -0.2) is 0 Å². The Hall–Kier alpha value is -1.80. The van der Waals surface area contributed by atoms with Crippen LogP contribution in [0, 0.1) is 11.8 Å². The molecule has 108 valence electrons. The van der Waals surface area contributed by atoms with Crippen molar-refractivity contribution in [3.8, 4) is 11.8 Å². The number of carbonyl (C=O) groups is 1. The molecule has 2 N–H and O–H groups in total. The molecule has 0 spiro atoms. The van der Waals surface area contributed by atoms with Crippen molar-refractivity contribution in [2.75, 3.05) is 13.6 Å². The minimum atomic E-state index is -0.0367. The van der Waals surface area contributed by atoms with Crippen molar-refractivity contribution >= 4 is 28.8 Å². The van der Waals surface area contributed by atoms with E-state index in [0.29, 0.717) is 22.3 Å². The number of nitrogens with zero attached hydrogens (tertiary/aromatic N) is 1. The summed E-state index contributed by atoms with van der Waals surface area (Å²) in [5.74, 6) is 5.77. The smallest absolute Gasteiger partial charge is 0.264 e. The molecule has 0 saturated heterocycles. The highest BCUT2D eigenvalue weighted by molar-refractivity contribution is 7.17. The molecule has 0 aliphatic heterocycles. The van der Waals surface area contributed by atoms with E-state index in [1.165, 1.54) is 11.3 Å². The summed E-state index contributed by atoms with van der Waals surface area (Å²) < 4.78 is 0.616. The molecular weight excluding hydrogens is 304 g/mol. The van der Waals surface area contributed by atoms with E-state index in [0.717, 1.165) is 11.1 Å². The molecule has 0 aliphatic rings. The fourth-order valence-corrected chi connectivity index (χ4v) is 2.90. The second-order valence-electron chi connectivity index (χ2n) is 4.47. The zero-order chi connectivity index (χ0) is 15.2. The zero-order valence-corrected chi connectivity index (χ0v) is 13.2. The van der Waals surface area contributed by atoms with Crippen LogP contribution in [0.5, 0.6) is 0 Å². The van der Waals surface area contributed by atoms with Crippen LogP contribution < -0.4 is 5.73 Å². The molecule has 2 aromatic rings. The lowest BCUT2D eigenvalue weighted by molar-refractivity contribution is 0.0790. The number of amides is 1. The Morgan fingerprint density at radius 2 is 2.19 bits per heavy atom. The molecule has 5 heteroatoms. The molecule has 0 fully saturated rings. The Morgan fingerprint density at radius 1 is 1.38 bits per heavy atom. The van der Waals surface area contributed by atoms with Crippen molar-refractivity contribution in [2.24, 2.45) is 5.73 Å². The standard InChI is InChI=1S/C16H15ClN2OS/c1-19(16(20)14-7-8-15(17)21-14)11-13-5-2-4-12(10-13)6-3-9-18/h2,4-5,7-8,10H,9,11,18H2,1H3. The lowest BCUT2D eigenvalue weighted by Crippen LogP contribution is -2.25. The molecule has 0 atom stereocenters. The lowest BCUT2D eigenvalue weighted by atomic mass is 10.1. The first-order valence-corrected chi connectivity index (χ1v) is 7.58. The molecule has 1 heterocycles. The van der Waals surface area contributed by atoms with Crippen molar-refractivity contribution < 1.29 is 4.79 Å². The molecule has 21 heavy (non-hydrogen) atoms. The predicted molar refractivity (Wildman–Crippen MR) is 87.5 cm³/mol. The Kier molecular flexibility index (Phi) is 5.40. The van der Waals surface area contributed by atoms with Gasteiger partial charge < -0.3 is 10.6 Å². The molecular formula is C16H15ClN2OS. The summed E-state index contributed by atoms with van der Waals surface area (Å²) in [5.41, 5.74) is 7.29. The number of hydrogen-bond donors (Lipinski definition) is 1. The second-order valence-corrected chi connectivity index (χ2v) is 6.19. The monoisotopic (exact) mass is 318 g/mol. The van der Waals surface area contributed by atoms with Gasteiger partial charge in [0.1, 0.15) is 0 Å². The molecule has 1 aromatic heterocycles. The van der Waals surface area contributed by atoms with Gasteiger partial charge in [0.25, 0.3) is 5.91 Å². The van der Waals surface area contributed by atoms with E-state index >= 15 is 0 Å². The van der Waals surface area contributed by atoms with Crippen molar-refractivity contribution in [2.45, 2.75) is 6.54 Å². The SMILES string of the molecule is CN(Cc1cccc(C#CCN)c1)C(=O)c1ccc(Cl)s1. The third-order valence-corrected chi connectivity index (χ3v) is 4.03. The quantitative estimate of drug-likeness (QED) is 0.884. The first-order valence-electron chi connectivity index (χ1n) is 6.39. The molecule has 1 aromatic carbocycles. The highest BCUT2D eigenvalue weighted by Crippen LogP contribution is 2.23. The van der Waals surface area contributed by atoms with Gasteiger partial charge in [-0.3, -0.25) is 4.79 Å². The molecule has 0 unspecified atom stereocenters. The fraction of sp³-hybridized carbons (Fsp3) is 0.188. The van der Waals surface area contributed by atoms with Crippen LogP contribution in [0.15, 0.2) is 36.4 Å². The summed E-state index contributed by atoms with van der Waals surface area (Å²) in [6, 6.07) is 11.3. The summed E-state index contributed by atoms with van der Waals surface area (Å²) in [4.78, 5) is 14.6. The predicted octanol–water partition coefficient (Wildman–Crippen LogP) is 2.98. The molecule has 1 amide bonds. The minimum Gasteiger partial charge on any atom is -0.337 e. The van der Waals surface area contributed by atoms with E-state index in [9.17, 15) is 4.79 Å². The topological polar surface area (TPSA) is 46.3 Å². The van der Waals surface area contributed by atoms with Gasteiger partial charge in [-0.2, -0.15) is 0 Å². The van der Waals surface area contributed by atoms with Gasteiger partial charge in [0.15, 0.2) is 0 Å². The summed E-state index contributed by atoms with van der Waals surface area (Å²) in [6.07, 6.45) is 0. The van der Waals surface area contributed by atoms with Crippen LogP contribution in [0.3, 0.4) is 0 Å². The molecule has 2 rings (SSSR count). The maximum Gasteiger partial charge on any atom is 0.264 e. The Labute approximate surface area is 133 Å². The van der Waals surface area contributed by atoms with Gasteiger partial charge in [-0.1, -0.05) is 35.6 Å². The van der Waals surface area contributed by atoms with Gasteiger partial charge in [0, 0.05) is 19.2 Å². The number of benzene rings is 1. The third-order valence-electron chi connectivity index (χ3n) is 2.81. The average molecular weight is 319 g/mol. The van der Waals surface area contributed by atoms with Crippen LogP contribution in [0.2, 0.25) is 4.34 Å².